The topological polar surface area (TPSA) is 48.3 Å². The highest BCUT2D eigenvalue weighted by Gasteiger charge is 2.10. The van der Waals surface area contributed by atoms with Crippen LogP contribution in [0, 0.1) is 6.92 Å². The summed E-state index contributed by atoms with van der Waals surface area (Å²) in [6.45, 7) is 2.38. The van der Waals surface area contributed by atoms with Gasteiger partial charge in [-0.15, -0.1) is 0 Å². The zero-order chi connectivity index (χ0) is 14.0. The molecule has 0 fully saturated rings. The van der Waals surface area contributed by atoms with Gasteiger partial charge in [0.15, 0.2) is 0 Å². The maximum absolute atomic E-state index is 11.7. The van der Waals surface area contributed by atoms with Crippen LogP contribution < -0.4 is 4.87 Å². The predicted molar refractivity (Wildman–Crippen MR) is 77.9 cm³/mol. The SMILES string of the molecule is COC(=O)c1ccc(Cn2c(C)csc2=O)c(Br)c1. The monoisotopic (exact) mass is 341 g/mol. The summed E-state index contributed by atoms with van der Waals surface area (Å²) in [5, 5.41) is 1.83. The largest absolute Gasteiger partial charge is 0.465 e. The van der Waals surface area contributed by atoms with Crippen LogP contribution in [0.25, 0.3) is 0 Å². The second-order valence-electron chi connectivity index (χ2n) is 4.03. The number of carbonyl (C=O) groups is 1. The van der Waals surface area contributed by atoms with Crippen LogP contribution in [0.4, 0.5) is 0 Å². The van der Waals surface area contributed by atoms with Crippen LogP contribution in [0.1, 0.15) is 21.6 Å². The van der Waals surface area contributed by atoms with Gasteiger partial charge in [-0.05, 0) is 24.6 Å². The summed E-state index contributed by atoms with van der Waals surface area (Å²) in [5.74, 6) is -0.379. The number of hydrogen-bond donors (Lipinski definition) is 0. The van der Waals surface area contributed by atoms with Gasteiger partial charge in [0.05, 0.1) is 19.2 Å². The lowest BCUT2D eigenvalue weighted by molar-refractivity contribution is 0.0600. The van der Waals surface area contributed by atoms with E-state index < -0.39 is 0 Å². The standard InChI is InChI=1S/C13H12BrNO3S/c1-8-7-19-13(17)15(8)6-10-4-3-9(5-11(10)14)12(16)18-2/h3-5,7H,6H2,1-2H3. The van der Waals surface area contributed by atoms with E-state index in [2.05, 4.69) is 20.7 Å². The quantitative estimate of drug-likeness (QED) is 0.806. The summed E-state index contributed by atoms with van der Waals surface area (Å²) < 4.78 is 7.14. The predicted octanol–water partition coefficient (Wildman–Crippen LogP) is 2.82. The zero-order valence-electron chi connectivity index (χ0n) is 10.5. The van der Waals surface area contributed by atoms with E-state index in [0.29, 0.717) is 12.1 Å². The van der Waals surface area contributed by atoms with Gasteiger partial charge in [0.1, 0.15) is 0 Å². The number of benzene rings is 1. The van der Waals surface area contributed by atoms with Crippen molar-refractivity contribution in [1.82, 2.24) is 4.57 Å². The Morgan fingerprint density at radius 3 is 2.74 bits per heavy atom. The first-order valence-electron chi connectivity index (χ1n) is 5.54. The molecule has 0 radical (unpaired) electrons. The van der Waals surface area contributed by atoms with Crippen molar-refractivity contribution >= 4 is 33.2 Å². The number of methoxy groups -OCH3 is 1. The van der Waals surface area contributed by atoms with Gasteiger partial charge in [-0.1, -0.05) is 33.3 Å². The first-order chi connectivity index (χ1) is 9.02. The third-order valence-corrected chi connectivity index (χ3v) is 4.40. The fourth-order valence-corrected chi connectivity index (χ4v) is 2.93. The second kappa shape index (κ2) is 5.71. The van der Waals surface area contributed by atoms with E-state index in [-0.39, 0.29) is 10.8 Å². The van der Waals surface area contributed by atoms with E-state index in [1.54, 1.807) is 16.7 Å². The summed E-state index contributed by atoms with van der Waals surface area (Å²) in [7, 11) is 1.35. The third-order valence-electron chi connectivity index (χ3n) is 2.78. The van der Waals surface area contributed by atoms with Crippen molar-refractivity contribution in [2.45, 2.75) is 13.5 Å². The lowest BCUT2D eigenvalue weighted by atomic mass is 10.1. The Morgan fingerprint density at radius 2 is 2.21 bits per heavy atom. The highest BCUT2D eigenvalue weighted by atomic mass is 79.9. The van der Waals surface area contributed by atoms with Crippen molar-refractivity contribution in [3.8, 4) is 0 Å². The van der Waals surface area contributed by atoms with Crippen LogP contribution in [-0.4, -0.2) is 17.6 Å². The van der Waals surface area contributed by atoms with Crippen molar-refractivity contribution in [3.05, 3.63) is 54.5 Å². The molecule has 100 valence electrons. The Balaban J connectivity index is 2.32. The molecule has 6 heteroatoms. The molecular weight excluding hydrogens is 330 g/mol. The van der Waals surface area contributed by atoms with Gasteiger partial charge in [0.2, 0.25) is 0 Å². The highest BCUT2D eigenvalue weighted by Crippen LogP contribution is 2.20. The van der Waals surface area contributed by atoms with Gasteiger partial charge < -0.3 is 4.74 Å². The molecule has 0 N–H and O–H groups in total. The molecule has 0 aliphatic carbocycles. The molecule has 0 aliphatic heterocycles. The lowest BCUT2D eigenvalue weighted by Gasteiger charge is -2.08. The van der Waals surface area contributed by atoms with Crippen molar-refractivity contribution in [1.29, 1.82) is 0 Å². The van der Waals surface area contributed by atoms with E-state index in [1.165, 1.54) is 18.4 Å². The van der Waals surface area contributed by atoms with Gasteiger partial charge >= 0.3 is 10.8 Å². The molecule has 0 saturated heterocycles. The molecule has 2 aromatic rings. The summed E-state index contributed by atoms with van der Waals surface area (Å²) in [4.78, 5) is 23.1. The minimum absolute atomic E-state index is 0.0152. The minimum Gasteiger partial charge on any atom is -0.465 e. The number of rotatable bonds is 3. The van der Waals surface area contributed by atoms with E-state index >= 15 is 0 Å². The lowest BCUT2D eigenvalue weighted by Crippen LogP contribution is -2.15. The smallest absolute Gasteiger partial charge is 0.337 e. The number of nitrogens with zero attached hydrogens (tertiary/aromatic N) is 1. The van der Waals surface area contributed by atoms with Crippen molar-refractivity contribution < 1.29 is 9.53 Å². The van der Waals surface area contributed by atoms with Crippen molar-refractivity contribution in [2.75, 3.05) is 7.11 Å². The maximum atomic E-state index is 11.7. The molecule has 0 amide bonds. The summed E-state index contributed by atoms with van der Waals surface area (Å²) in [6, 6.07) is 5.21. The van der Waals surface area contributed by atoms with Crippen LogP contribution in [-0.2, 0) is 11.3 Å². The minimum atomic E-state index is -0.379. The average Bonchev–Trinajstić information content (AvgIpc) is 2.71. The van der Waals surface area contributed by atoms with Gasteiger partial charge in [-0.25, -0.2) is 4.79 Å². The Bertz CT molecular complexity index is 675. The molecule has 2 rings (SSSR count). The summed E-state index contributed by atoms with van der Waals surface area (Å²) in [6.07, 6.45) is 0. The number of halogens is 1. The van der Waals surface area contributed by atoms with Gasteiger partial charge in [0.25, 0.3) is 0 Å². The number of carbonyl (C=O) groups excluding carboxylic acids is 1. The van der Waals surface area contributed by atoms with Crippen LogP contribution >= 0.6 is 27.3 Å². The van der Waals surface area contributed by atoms with E-state index in [0.717, 1.165) is 15.7 Å². The molecule has 4 nitrogen and oxygen atoms in total. The fourth-order valence-electron chi connectivity index (χ4n) is 1.69. The molecule has 0 atom stereocenters. The van der Waals surface area contributed by atoms with Gasteiger partial charge in [-0.2, -0.15) is 0 Å². The molecule has 1 aromatic heterocycles. The molecule has 0 spiro atoms. The highest BCUT2D eigenvalue weighted by molar-refractivity contribution is 9.10. The van der Waals surface area contributed by atoms with E-state index in [9.17, 15) is 9.59 Å². The zero-order valence-corrected chi connectivity index (χ0v) is 12.9. The average molecular weight is 342 g/mol. The number of esters is 1. The molecule has 0 saturated carbocycles. The van der Waals surface area contributed by atoms with Crippen LogP contribution in [0.3, 0.4) is 0 Å². The molecule has 0 aliphatic rings. The molecule has 1 aromatic carbocycles. The van der Waals surface area contributed by atoms with Crippen LogP contribution in [0.2, 0.25) is 0 Å². The second-order valence-corrected chi connectivity index (χ2v) is 5.70. The number of thiazole rings is 1. The first-order valence-corrected chi connectivity index (χ1v) is 7.22. The Morgan fingerprint density at radius 1 is 1.47 bits per heavy atom. The molecule has 1 heterocycles. The number of aromatic nitrogens is 1. The summed E-state index contributed by atoms with van der Waals surface area (Å²) in [5.41, 5.74) is 2.35. The van der Waals surface area contributed by atoms with Crippen LogP contribution in [0.5, 0.6) is 0 Å². The van der Waals surface area contributed by atoms with E-state index in [4.69, 9.17) is 0 Å². The number of aryl methyl sites for hydroxylation is 1. The van der Waals surface area contributed by atoms with Gasteiger partial charge in [0, 0.05) is 15.5 Å². The van der Waals surface area contributed by atoms with Gasteiger partial charge in [-0.3, -0.25) is 9.36 Å². The van der Waals surface area contributed by atoms with Crippen molar-refractivity contribution in [3.63, 3.8) is 0 Å². The molecular formula is C13H12BrNO3S. The first kappa shape index (κ1) is 14.0. The number of ether oxygens (including phenoxy) is 1. The summed E-state index contributed by atoms with van der Waals surface area (Å²) >= 11 is 4.61. The number of hydrogen-bond acceptors (Lipinski definition) is 4. The Kier molecular flexibility index (Phi) is 4.21. The maximum Gasteiger partial charge on any atom is 0.337 e. The van der Waals surface area contributed by atoms with Crippen LogP contribution in [0.15, 0.2) is 32.8 Å². The molecule has 0 unspecified atom stereocenters. The Hall–Kier alpha value is -1.40. The normalized spacial score (nSPS) is 10.5. The molecule has 19 heavy (non-hydrogen) atoms. The van der Waals surface area contributed by atoms with E-state index in [1.807, 2.05) is 18.4 Å². The fraction of sp³-hybridized carbons (Fsp3) is 0.231. The Labute approximate surface area is 122 Å². The van der Waals surface area contributed by atoms with Crippen molar-refractivity contribution in [2.24, 2.45) is 0 Å². The molecule has 0 bridgehead atoms. The third kappa shape index (κ3) is 2.96.